The number of hydrogen-bond donors (Lipinski definition) is 2. The molecule has 1 aliphatic rings. The molecule has 7 heteroatoms. The minimum atomic E-state index is -0.471. The molecule has 1 heterocycles. The van der Waals surface area contributed by atoms with E-state index in [9.17, 15) is 9.59 Å². The second-order valence-corrected chi connectivity index (χ2v) is 10.2. The number of nitrogens with one attached hydrogen (secondary N) is 2. The predicted octanol–water partition coefficient (Wildman–Crippen LogP) is 5.60. The molecule has 4 aromatic carbocycles. The lowest BCUT2D eigenvalue weighted by Crippen LogP contribution is -2.48. The summed E-state index contributed by atoms with van der Waals surface area (Å²) in [5, 5.41) is 6.25. The van der Waals surface area contributed by atoms with Crippen molar-refractivity contribution in [2.75, 3.05) is 36.4 Å². The van der Waals surface area contributed by atoms with E-state index < -0.39 is 5.92 Å². The van der Waals surface area contributed by atoms with Crippen LogP contribution in [0.3, 0.4) is 0 Å². The Morgan fingerprint density at radius 1 is 0.725 bits per heavy atom. The van der Waals surface area contributed by atoms with Crippen LogP contribution in [0.4, 0.5) is 11.4 Å². The van der Waals surface area contributed by atoms with E-state index in [-0.39, 0.29) is 16.9 Å². The standard InChI is InChI=1S/C33H32N4O2S/c1-24-10-8-9-15-29(24)32(39)37-22-20-36(21-23-37)28-18-16-27(17-19-28)34-33(40)35-31(38)30(25-11-4-2-5-12-25)26-13-6-3-7-14-26/h2-19,30H,20-23H2,1H3,(H2,34,35,38,40). The lowest BCUT2D eigenvalue weighted by atomic mass is 9.90. The highest BCUT2D eigenvalue weighted by molar-refractivity contribution is 7.80. The summed E-state index contributed by atoms with van der Waals surface area (Å²) in [6, 6.07) is 35.1. The fraction of sp³-hybridized carbons (Fsp3) is 0.182. The van der Waals surface area contributed by atoms with Crippen molar-refractivity contribution in [1.29, 1.82) is 0 Å². The smallest absolute Gasteiger partial charge is 0.254 e. The fourth-order valence-corrected chi connectivity index (χ4v) is 5.26. The topological polar surface area (TPSA) is 64.7 Å². The number of benzene rings is 4. The van der Waals surface area contributed by atoms with E-state index in [0.717, 1.165) is 46.7 Å². The number of anilines is 2. The van der Waals surface area contributed by atoms with Crippen molar-refractivity contribution < 1.29 is 9.59 Å². The van der Waals surface area contributed by atoms with Gasteiger partial charge in [0.2, 0.25) is 5.91 Å². The van der Waals surface area contributed by atoms with Gasteiger partial charge in [-0.15, -0.1) is 0 Å². The van der Waals surface area contributed by atoms with Gasteiger partial charge in [0.25, 0.3) is 5.91 Å². The Kier molecular flexibility index (Phi) is 8.52. The monoisotopic (exact) mass is 548 g/mol. The summed E-state index contributed by atoms with van der Waals surface area (Å²) in [7, 11) is 0. The average Bonchev–Trinajstić information content (AvgIpc) is 2.99. The molecule has 1 fully saturated rings. The SMILES string of the molecule is Cc1ccccc1C(=O)N1CCN(c2ccc(NC(=S)NC(=O)C(c3ccccc3)c3ccccc3)cc2)CC1. The average molecular weight is 549 g/mol. The number of carbonyl (C=O) groups excluding carboxylic acids is 2. The zero-order valence-corrected chi connectivity index (χ0v) is 23.2. The first kappa shape index (κ1) is 27.1. The Labute approximate surface area is 240 Å². The van der Waals surface area contributed by atoms with Crippen LogP contribution in [0, 0.1) is 6.92 Å². The number of nitrogens with zero attached hydrogens (tertiary/aromatic N) is 2. The van der Waals surface area contributed by atoms with Crippen molar-refractivity contribution in [3.63, 3.8) is 0 Å². The number of rotatable bonds is 6. The molecule has 0 bridgehead atoms. The molecule has 0 unspecified atom stereocenters. The van der Waals surface area contributed by atoms with E-state index in [4.69, 9.17) is 12.2 Å². The molecular formula is C33H32N4O2S. The van der Waals surface area contributed by atoms with Gasteiger partial charge in [-0.05, 0) is 66.2 Å². The third kappa shape index (κ3) is 6.38. The van der Waals surface area contributed by atoms with Crippen LogP contribution >= 0.6 is 12.2 Å². The molecule has 1 aliphatic heterocycles. The van der Waals surface area contributed by atoms with Gasteiger partial charge in [-0.1, -0.05) is 78.9 Å². The van der Waals surface area contributed by atoms with Gasteiger partial charge in [0, 0.05) is 43.1 Å². The van der Waals surface area contributed by atoms with Crippen LogP contribution in [0.2, 0.25) is 0 Å². The number of aryl methyl sites for hydroxylation is 1. The molecule has 4 aromatic rings. The largest absolute Gasteiger partial charge is 0.368 e. The first-order valence-electron chi connectivity index (χ1n) is 13.4. The van der Waals surface area contributed by atoms with Gasteiger partial charge in [-0.2, -0.15) is 0 Å². The number of thiocarbonyl (C=S) groups is 1. The Morgan fingerprint density at radius 2 is 1.27 bits per heavy atom. The van der Waals surface area contributed by atoms with E-state index >= 15 is 0 Å². The van der Waals surface area contributed by atoms with Gasteiger partial charge >= 0.3 is 0 Å². The van der Waals surface area contributed by atoms with E-state index in [2.05, 4.69) is 15.5 Å². The lowest BCUT2D eigenvalue weighted by Gasteiger charge is -2.36. The number of amides is 2. The molecule has 0 spiro atoms. The van der Waals surface area contributed by atoms with Gasteiger partial charge in [0.1, 0.15) is 0 Å². The van der Waals surface area contributed by atoms with Crippen molar-refractivity contribution in [3.05, 3.63) is 131 Å². The maximum absolute atomic E-state index is 13.3. The van der Waals surface area contributed by atoms with Crippen molar-refractivity contribution in [3.8, 4) is 0 Å². The van der Waals surface area contributed by atoms with Crippen molar-refractivity contribution in [2.45, 2.75) is 12.8 Å². The molecule has 0 aliphatic carbocycles. The Bertz CT molecular complexity index is 1430. The molecule has 40 heavy (non-hydrogen) atoms. The summed E-state index contributed by atoms with van der Waals surface area (Å²) in [5.74, 6) is -0.569. The number of hydrogen-bond acceptors (Lipinski definition) is 4. The van der Waals surface area contributed by atoms with Crippen molar-refractivity contribution in [2.24, 2.45) is 0 Å². The van der Waals surface area contributed by atoms with Crippen LogP contribution in [0.1, 0.15) is 33.0 Å². The maximum atomic E-state index is 13.3. The maximum Gasteiger partial charge on any atom is 0.254 e. The zero-order chi connectivity index (χ0) is 27.9. The van der Waals surface area contributed by atoms with E-state index in [0.29, 0.717) is 13.1 Å². The van der Waals surface area contributed by atoms with Gasteiger partial charge in [0.15, 0.2) is 5.11 Å². The van der Waals surface area contributed by atoms with E-state index in [1.807, 2.05) is 121 Å². The molecule has 5 rings (SSSR count). The van der Waals surface area contributed by atoms with Crippen molar-refractivity contribution in [1.82, 2.24) is 10.2 Å². The Morgan fingerprint density at radius 3 is 1.85 bits per heavy atom. The van der Waals surface area contributed by atoms with Gasteiger partial charge < -0.3 is 20.4 Å². The zero-order valence-electron chi connectivity index (χ0n) is 22.4. The van der Waals surface area contributed by atoms with Crippen molar-refractivity contribution >= 4 is 40.5 Å². The molecule has 0 radical (unpaired) electrons. The quantitative estimate of drug-likeness (QED) is 0.307. The Balaban J connectivity index is 1.17. The number of carbonyl (C=O) groups is 2. The predicted molar refractivity (Wildman–Crippen MR) is 165 cm³/mol. The summed E-state index contributed by atoms with van der Waals surface area (Å²) in [5.41, 5.74) is 5.45. The normalized spacial score (nSPS) is 13.2. The third-order valence-corrected chi connectivity index (χ3v) is 7.40. The highest BCUT2D eigenvalue weighted by Gasteiger charge is 2.24. The highest BCUT2D eigenvalue weighted by Crippen LogP contribution is 2.25. The summed E-state index contributed by atoms with van der Waals surface area (Å²) < 4.78 is 0. The van der Waals surface area contributed by atoms with Crippen LogP contribution in [0.25, 0.3) is 0 Å². The minimum Gasteiger partial charge on any atom is -0.368 e. The van der Waals surface area contributed by atoms with Crippen LogP contribution in [0.15, 0.2) is 109 Å². The second-order valence-electron chi connectivity index (χ2n) is 9.84. The first-order chi connectivity index (χ1) is 19.5. The number of piperazine rings is 1. The molecule has 1 saturated heterocycles. The molecule has 0 aromatic heterocycles. The molecule has 0 atom stereocenters. The van der Waals surface area contributed by atoms with Gasteiger partial charge in [-0.3, -0.25) is 9.59 Å². The summed E-state index contributed by atoms with van der Waals surface area (Å²) in [4.78, 5) is 30.5. The highest BCUT2D eigenvalue weighted by atomic mass is 32.1. The molecule has 2 N–H and O–H groups in total. The summed E-state index contributed by atoms with van der Waals surface area (Å²) in [6.07, 6.45) is 0. The van der Waals surface area contributed by atoms with Crippen LogP contribution in [0.5, 0.6) is 0 Å². The fourth-order valence-electron chi connectivity index (χ4n) is 5.04. The lowest BCUT2D eigenvalue weighted by molar-refractivity contribution is -0.120. The van der Waals surface area contributed by atoms with E-state index in [1.54, 1.807) is 0 Å². The molecular weight excluding hydrogens is 516 g/mol. The van der Waals surface area contributed by atoms with E-state index in [1.165, 1.54) is 0 Å². The van der Waals surface area contributed by atoms with Crippen LogP contribution < -0.4 is 15.5 Å². The molecule has 2 amide bonds. The summed E-state index contributed by atoms with van der Waals surface area (Å²) in [6.45, 7) is 4.85. The minimum absolute atomic E-state index is 0.0922. The first-order valence-corrected chi connectivity index (χ1v) is 13.8. The third-order valence-electron chi connectivity index (χ3n) is 7.20. The summed E-state index contributed by atoms with van der Waals surface area (Å²) >= 11 is 5.49. The molecule has 6 nitrogen and oxygen atoms in total. The second kappa shape index (κ2) is 12.6. The molecule has 202 valence electrons. The van der Waals surface area contributed by atoms with Crippen LogP contribution in [-0.2, 0) is 4.79 Å². The molecule has 0 saturated carbocycles. The van der Waals surface area contributed by atoms with Crippen LogP contribution in [-0.4, -0.2) is 48.0 Å². The van der Waals surface area contributed by atoms with Gasteiger partial charge in [0.05, 0.1) is 5.92 Å². The van der Waals surface area contributed by atoms with Gasteiger partial charge in [-0.25, -0.2) is 0 Å². The Hall–Kier alpha value is -4.49.